The van der Waals surface area contributed by atoms with E-state index in [-0.39, 0.29) is 40.7 Å². The van der Waals surface area contributed by atoms with Crippen molar-refractivity contribution in [1.82, 2.24) is 10.3 Å². The van der Waals surface area contributed by atoms with Crippen LogP contribution in [0.15, 0.2) is 82.8 Å². The van der Waals surface area contributed by atoms with Crippen molar-refractivity contribution in [3.63, 3.8) is 0 Å². The minimum atomic E-state index is -3.83. The number of carbonyl (C=O) groups is 2. The largest absolute Gasteiger partial charge is 0.395 e. The fraction of sp³-hybridized carbons (Fsp3) is 0.208. The molecule has 0 unspecified atom stereocenters. The van der Waals surface area contributed by atoms with Gasteiger partial charge >= 0.3 is 0 Å². The van der Waals surface area contributed by atoms with E-state index in [9.17, 15) is 18.0 Å². The Bertz CT molecular complexity index is 1180. The smallest absolute Gasteiger partial charge is 0.251 e. The van der Waals surface area contributed by atoms with E-state index in [4.69, 9.17) is 5.11 Å². The van der Waals surface area contributed by atoms with Crippen molar-refractivity contribution in [3.8, 4) is 0 Å². The lowest BCUT2D eigenvalue weighted by Gasteiger charge is -2.08. The van der Waals surface area contributed by atoms with E-state index in [0.29, 0.717) is 12.8 Å². The minimum Gasteiger partial charge on any atom is -0.395 e. The molecule has 0 aliphatic carbocycles. The van der Waals surface area contributed by atoms with Gasteiger partial charge in [0.2, 0.25) is 9.84 Å². The van der Waals surface area contributed by atoms with Gasteiger partial charge in [0.15, 0.2) is 0 Å². The van der Waals surface area contributed by atoms with Crippen molar-refractivity contribution in [3.05, 3.63) is 89.7 Å². The molecule has 1 aromatic heterocycles. The molecule has 0 aliphatic heterocycles. The van der Waals surface area contributed by atoms with E-state index in [1.54, 1.807) is 24.5 Å². The van der Waals surface area contributed by atoms with E-state index in [0.717, 1.165) is 11.1 Å². The second kappa shape index (κ2) is 10.8. The van der Waals surface area contributed by atoms with E-state index in [1.807, 2.05) is 12.1 Å². The zero-order valence-electron chi connectivity index (χ0n) is 17.4. The van der Waals surface area contributed by atoms with Crippen molar-refractivity contribution in [2.75, 3.05) is 13.2 Å². The quantitative estimate of drug-likeness (QED) is 0.488. The Morgan fingerprint density at radius 1 is 0.938 bits per heavy atom. The third-order valence-corrected chi connectivity index (χ3v) is 6.62. The lowest BCUT2D eigenvalue weighted by molar-refractivity contribution is -0.118. The monoisotopic (exact) mass is 452 g/mol. The van der Waals surface area contributed by atoms with E-state index in [1.165, 1.54) is 36.4 Å². The summed E-state index contributed by atoms with van der Waals surface area (Å²) in [4.78, 5) is 28.4. The summed E-state index contributed by atoms with van der Waals surface area (Å²) in [5, 5.41) is 11.3. The number of nitrogens with zero attached hydrogens (tertiary/aromatic N) is 1. The molecule has 1 heterocycles. The minimum absolute atomic E-state index is 0.00514. The van der Waals surface area contributed by atoms with Crippen molar-refractivity contribution in [1.29, 1.82) is 0 Å². The number of carbonyl (C=O) groups excluding carboxylic acids is 2. The summed E-state index contributed by atoms with van der Waals surface area (Å²) < 4.78 is 25.9. The summed E-state index contributed by atoms with van der Waals surface area (Å²) in [6.45, 7) is -0.125. The van der Waals surface area contributed by atoms with Gasteiger partial charge in [0, 0.05) is 37.3 Å². The van der Waals surface area contributed by atoms with Gasteiger partial charge in [-0.3, -0.25) is 14.6 Å². The fourth-order valence-electron chi connectivity index (χ4n) is 3.14. The van der Waals surface area contributed by atoms with Crippen LogP contribution in [0.5, 0.6) is 0 Å². The lowest BCUT2D eigenvalue weighted by Crippen LogP contribution is -2.26. The number of pyridine rings is 1. The SMILES string of the molecule is O=C(CCc1cccnc1)Cc1ccc(S(=O)(=O)c2cccc(C(=O)NCCO)c2)cc1. The summed E-state index contributed by atoms with van der Waals surface area (Å²) in [6, 6.07) is 15.7. The molecule has 1 amide bonds. The molecule has 2 aromatic carbocycles. The average Bonchev–Trinajstić information content (AvgIpc) is 2.82. The number of ketones is 1. The molecule has 0 aliphatic rings. The topological polar surface area (TPSA) is 113 Å². The molecule has 0 spiro atoms. The first kappa shape index (κ1) is 23.3. The first-order valence-electron chi connectivity index (χ1n) is 10.1. The standard InChI is InChI=1S/C24H24N2O5S/c27-14-13-26-24(29)20-4-1-5-23(16-20)32(30,31)22-10-7-18(8-11-22)15-21(28)9-6-19-3-2-12-25-17-19/h1-5,7-8,10-12,16-17,27H,6,9,13-15H2,(H,26,29). The molecule has 0 fully saturated rings. The molecule has 8 heteroatoms. The Morgan fingerprint density at radius 2 is 1.72 bits per heavy atom. The summed E-state index contributed by atoms with van der Waals surface area (Å²) >= 11 is 0. The highest BCUT2D eigenvalue weighted by atomic mass is 32.2. The zero-order chi connectivity index (χ0) is 23.0. The van der Waals surface area contributed by atoms with Crippen molar-refractivity contribution in [2.24, 2.45) is 0 Å². The first-order chi connectivity index (χ1) is 15.4. The molecular weight excluding hydrogens is 428 g/mol. The van der Waals surface area contributed by atoms with Crippen LogP contribution in [0, 0.1) is 0 Å². The highest BCUT2D eigenvalue weighted by molar-refractivity contribution is 7.91. The Kier molecular flexibility index (Phi) is 7.86. The number of amides is 1. The van der Waals surface area contributed by atoms with Crippen LogP contribution in [0.25, 0.3) is 0 Å². The molecule has 32 heavy (non-hydrogen) atoms. The summed E-state index contributed by atoms with van der Waals surface area (Å²) in [6.07, 6.45) is 4.64. The number of rotatable bonds is 10. The Balaban J connectivity index is 1.67. The summed E-state index contributed by atoms with van der Waals surface area (Å²) in [7, 11) is -3.83. The Morgan fingerprint density at radius 3 is 2.41 bits per heavy atom. The number of sulfone groups is 1. The number of hydrogen-bond acceptors (Lipinski definition) is 6. The van der Waals surface area contributed by atoms with Crippen LogP contribution in [0.3, 0.4) is 0 Å². The molecular formula is C24H24N2O5S. The van der Waals surface area contributed by atoms with Gasteiger partial charge < -0.3 is 10.4 Å². The second-order valence-corrected chi connectivity index (χ2v) is 9.18. The Labute approximate surface area is 187 Å². The van der Waals surface area contributed by atoms with Gasteiger partial charge in [-0.2, -0.15) is 0 Å². The molecule has 0 saturated heterocycles. The van der Waals surface area contributed by atoms with Gasteiger partial charge in [0.05, 0.1) is 16.4 Å². The van der Waals surface area contributed by atoms with Crippen molar-refractivity contribution in [2.45, 2.75) is 29.1 Å². The molecule has 7 nitrogen and oxygen atoms in total. The highest BCUT2D eigenvalue weighted by Gasteiger charge is 2.19. The number of aliphatic hydroxyl groups is 1. The molecule has 166 valence electrons. The van der Waals surface area contributed by atoms with Gasteiger partial charge in [0.25, 0.3) is 5.91 Å². The average molecular weight is 453 g/mol. The van der Waals surface area contributed by atoms with Crippen LogP contribution < -0.4 is 5.32 Å². The van der Waals surface area contributed by atoms with Crippen LogP contribution in [-0.4, -0.2) is 43.4 Å². The number of aryl methyl sites for hydroxylation is 1. The predicted octanol–water partition coefficient (Wildman–Crippen LogP) is 2.38. The van der Waals surface area contributed by atoms with Crippen molar-refractivity contribution < 1.29 is 23.1 Å². The van der Waals surface area contributed by atoms with Crippen LogP contribution in [0.2, 0.25) is 0 Å². The summed E-state index contributed by atoms with van der Waals surface area (Å²) in [5.74, 6) is -0.401. The second-order valence-electron chi connectivity index (χ2n) is 7.23. The highest BCUT2D eigenvalue weighted by Crippen LogP contribution is 2.22. The zero-order valence-corrected chi connectivity index (χ0v) is 18.2. The van der Waals surface area contributed by atoms with Crippen LogP contribution in [0.4, 0.5) is 0 Å². The molecule has 3 rings (SSSR count). The molecule has 2 N–H and O–H groups in total. The van der Waals surface area contributed by atoms with Crippen LogP contribution in [0.1, 0.15) is 27.9 Å². The van der Waals surface area contributed by atoms with Crippen molar-refractivity contribution >= 4 is 21.5 Å². The maximum atomic E-state index is 13.0. The molecule has 3 aromatic rings. The van der Waals surface area contributed by atoms with E-state index < -0.39 is 15.7 Å². The number of nitrogens with one attached hydrogen (secondary N) is 1. The molecule has 0 saturated carbocycles. The normalized spacial score (nSPS) is 11.2. The number of Topliss-reactive ketones (excluding diaryl/α,β-unsaturated/α-hetero) is 1. The lowest BCUT2D eigenvalue weighted by atomic mass is 10.0. The maximum absolute atomic E-state index is 13.0. The molecule has 0 bridgehead atoms. The van der Waals surface area contributed by atoms with Gasteiger partial charge in [-0.05, 0) is 53.9 Å². The van der Waals surface area contributed by atoms with E-state index in [2.05, 4.69) is 10.3 Å². The number of aliphatic hydroxyl groups excluding tert-OH is 1. The van der Waals surface area contributed by atoms with Gasteiger partial charge in [-0.1, -0.05) is 24.3 Å². The maximum Gasteiger partial charge on any atom is 0.251 e. The van der Waals surface area contributed by atoms with Gasteiger partial charge in [0.1, 0.15) is 5.78 Å². The molecule has 0 atom stereocenters. The van der Waals surface area contributed by atoms with Gasteiger partial charge in [-0.25, -0.2) is 8.42 Å². The third-order valence-electron chi connectivity index (χ3n) is 4.85. The predicted molar refractivity (Wildman–Crippen MR) is 119 cm³/mol. The number of aromatic nitrogens is 1. The van der Waals surface area contributed by atoms with Gasteiger partial charge in [-0.15, -0.1) is 0 Å². The third kappa shape index (κ3) is 6.09. The first-order valence-corrected chi connectivity index (χ1v) is 11.6. The molecule has 0 radical (unpaired) electrons. The summed E-state index contributed by atoms with van der Waals surface area (Å²) in [5.41, 5.74) is 1.92. The number of hydrogen-bond donors (Lipinski definition) is 2. The van der Waals surface area contributed by atoms with E-state index >= 15 is 0 Å². The Hall–Kier alpha value is -3.36. The van der Waals surface area contributed by atoms with Crippen LogP contribution >= 0.6 is 0 Å². The van der Waals surface area contributed by atoms with Crippen LogP contribution in [-0.2, 0) is 27.5 Å². The number of benzene rings is 2. The fourth-order valence-corrected chi connectivity index (χ4v) is 4.45.